The van der Waals surface area contributed by atoms with E-state index in [9.17, 15) is 5.11 Å². The van der Waals surface area contributed by atoms with Crippen LogP contribution in [0.15, 0.2) is 60.8 Å². The van der Waals surface area contributed by atoms with Crippen molar-refractivity contribution in [3.8, 4) is 0 Å². The summed E-state index contributed by atoms with van der Waals surface area (Å²) in [5.41, 5.74) is 4.06. The second-order valence-corrected chi connectivity index (χ2v) is 5.77. The minimum Gasteiger partial charge on any atom is -0.384 e. The number of nitrogens with zero attached hydrogens (tertiary/aromatic N) is 1. The van der Waals surface area contributed by atoms with Crippen molar-refractivity contribution in [3.63, 3.8) is 0 Å². The third kappa shape index (κ3) is 2.32. The highest BCUT2D eigenvalue weighted by molar-refractivity contribution is 5.82. The highest BCUT2D eigenvalue weighted by Gasteiger charge is 2.24. The van der Waals surface area contributed by atoms with Gasteiger partial charge in [-0.1, -0.05) is 48.5 Å². The molecule has 0 aliphatic heterocycles. The van der Waals surface area contributed by atoms with Gasteiger partial charge in [0, 0.05) is 17.1 Å². The number of para-hydroxylation sites is 1. The first-order valence-corrected chi connectivity index (χ1v) is 7.44. The van der Waals surface area contributed by atoms with E-state index in [1.165, 1.54) is 18.4 Å². The van der Waals surface area contributed by atoms with Crippen LogP contribution in [0.3, 0.4) is 0 Å². The average molecular weight is 275 g/mol. The molecule has 21 heavy (non-hydrogen) atoms. The van der Waals surface area contributed by atoms with E-state index in [1.54, 1.807) is 6.20 Å². The van der Waals surface area contributed by atoms with E-state index in [-0.39, 0.29) is 0 Å². The van der Waals surface area contributed by atoms with Crippen LogP contribution in [0.1, 0.15) is 41.6 Å². The van der Waals surface area contributed by atoms with Crippen molar-refractivity contribution < 1.29 is 5.11 Å². The summed E-state index contributed by atoms with van der Waals surface area (Å²) in [5.74, 6) is 0.697. The topological polar surface area (TPSA) is 33.1 Å². The molecule has 0 amide bonds. The first-order valence-electron chi connectivity index (χ1n) is 7.44. The Morgan fingerprint density at radius 1 is 1.00 bits per heavy atom. The van der Waals surface area contributed by atoms with Gasteiger partial charge in [0.15, 0.2) is 0 Å². The number of aliphatic hydroxyl groups excluding tert-OH is 1. The molecular weight excluding hydrogens is 258 g/mol. The SMILES string of the molecule is OC(c1cccc(C2CC2)c1)c1cccc2cccnc12. The van der Waals surface area contributed by atoms with E-state index in [0.717, 1.165) is 22.0 Å². The summed E-state index contributed by atoms with van der Waals surface area (Å²) >= 11 is 0. The van der Waals surface area contributed by atoms with E-state index >= 15 is 0 Å². The maximum atomic E-state index is 10.8. The second kappa shape index (κ2) is 4.97. The number of aliphatic hydroxyl groups is 1. The van der Waals surface area contributed by atoms with Crippen molar-refractivity contribution in [2.75, 3.05) is 0 Å². The Bertz CT molecular complexity index is 787. The molecule has 2 aromatic carbocycles. The Hall–Kier alpha value is -2.19. The Morgan fingerprint density at radius 2 is 1.81 bits per heavy atom. The summed E-state index contributed by atoms with van der Waals surface area (Å²) in [5, 5.41) is 11.8. The minimum absolute atomic E-state index is 0.623. The number of rotatable bonds is 3. The Balaban J connectivity index is 1.79. The van der Waals surface area contributed by atoms with E-state index in [4.69, 9.17) is 0 Å². The predicted octanol–water partition coefficient (Wildman–Crippen LogP) is 4.19. The number of aromatic nitrogens is 1. The van der Waals surface area contributed by atoms with Gasteiger partial charge < -0.3 is 5.11 Å². The van der Waals surface area contributed by atoms with Crippen LogP contribution < -0.4 is 0 Å². The summed E-state index contributed by atoms with van der Waals surface area (Å²) < 4.78 is 0. The van der Waals surface area contributed by atoms with E-state index in [1.807, 2.05) is 42.5 Å². The number of hydrogen-bond donors (Lipinski definition) is 1. The van der Waals surface area contributed by atoms with E-state index in [0.29, 0.717) is 5.92 Å². The second-order valence-electron chi connectivity index (χ2n) is 5.77. The van der Waals surface area contributed by atoms with Crippen LogP contribution in [0, 0.1) is 0 Å². The first-order chi connectivity index (χ1) is 10.3. The molecule has 1 aliphatic carbocycles. The maximum Gasteiger partial charge on any atom is 0.106 e. The minimum atomic E-state index is -0.623. The number of benzene rings is 2. The van der Waals surface area contributed by atoms with Crippen LogP contribution in [-0.2, 0) is 0 Å². The van der Waals surface area contributed by atoms with Crippen molar-refractivity contribution in [2.24, 2.45) is 0 Å². The zero-order valence-corrected chi connectivity index (χ0v) is 11.7. The molecule has 3 aromatic rings. The zero-order chi connectivity index (χ0) is 14.2. The highest BCUT2D eigenvalue weighted by atomic mass is 16.3. The molecule has 1 aliphatic rings. The van der Waals surface area contributed by atoms with Gasteiger partial charge in [-0.2, -0.15) is 0 Å². The molecule has 1 saturated carbocycles. The lowest BCUT2D eigenvalue weighted by molar-refractivity contribution is 0.221. The molecule has 1 fully saturated rings. The van der Waals surface area contributed by atoms with Crippen molar-refractivity contribution >= 4 is 10.9 Å². The van der Waals surface area contributed by atoms with Gasteiger partial charge in [0.05, 0.1) is 5.52 Å². The molecule has 0 bridgehead atoms. The Morgan fingerprint density at radius 3 is 2.67 bits per heavy atom. The molecule has 0 saturated heterocycles. The van der Waals surface area contributed by atoms with Gasteiger partial charge in [-0.05, 0) is 36.0 Å². The third-order valence-corrected chi connectivity index (χ3v) is 4.23. The normalized spacial score (nSPS) is 16.0. The summed E-state index contributed by atoms with van der Waals surface area (Å²) in [6.07, 6.45) is 3.70. The zero-order valence-electron chi connectivity index (χ0n) is 11.7. The van der Waals surface area contributed by atoms with Crippen LogP contribution in [0.5, 0.6) is 0 Å². The fourth-order valence-corrected chi connectivity index (χ4v) is 2.93. The molecule has 1 atom stereocenters. The maximum absolute atomic E-state index is 10.8. The smallest absolute Gasteiger partial charge is 0.106 e. The van der Waals surface area contributed by atoms with Gasteiger partial charge >= 0.3 is 0 Å². The fraction of sp³-hybridized carbons (Fsp3) is 0.211. The summed E-state index contributed by atoms with van der Waals surface area (Å²) in [4.78, 5) is 4.44. The third-order valence-electron chi connectivity index (χ3n) is 4.23. The molecule has 1 aromatic heterocycles. The van der Waals surface area contributed by atoms with Crippen molar-refractivity contribution in [3.05, 3.63) is 77.5 Å². The van der Waals surface area contributed by atoms with Gasteiger partial charge in [0.25, 0.3) is 0 Å². The lowest BCUT2D eigenvalue weighted by Crippen LogP contribution is -2.02. The van der Waals surface area contributed by atoms with E-state index < -0.39 is 6.10 Å². The van der Waals surface area contributed by atoms with Crippen LogP contribution >= 0.6 is 0 Å². The standard InChI is InChI=1S/C19H17NO/c21-19(16-6-1-5-15(12-16)13-9-10-13)17-8-2-4-14-7-3-11-20-18(14)17/h1-8,11-13,19,21H,9-10H2. The van der Waals surface area contributed by atoms with Gasteiger partial charge in [0.2, 0.25) is 0 Å². The quantitative estimate of drug-likeness (QED) is 0.777. The number of hydrogen-bond acceptors (Lipinski definition) is 2. The number of fused-ring (bicyclic) bond motifs is 1. The average Bonchev–Trinajstić information content (AvgIpc) is 3.39. The van der Waals surface area contributed by atoms with E-state index in [2.05, 4.69) is 17.1 Å². The largest absolute Gasteiger partial charge is 0.384 e. The molecular formula is C19H17NO. The molecule has 0 spiro atoms. The molecule has 4 rings (SSSR count). The molecule has 2 heteroatoms. The summed E-state index contributed by atoms with van der Waals surface area (Å²) in [6, 6.07) is 18.3. The van der Waals surface area contributed by atoms with Gasteiger partial charge in [-0.15, -0.1) is 0 Å². The molecule has 0 radical (unpaired) electrons. The molecule has 1 heterocycles. The van der Waals surface area contributed by atoms with Gasteiger partial charge in [0.1, 0.15) is 6.10 Å². The predicted molar refractivity (Wildman–Crippen MR) is 84.2 cm³/mol. The fourth-order valence-electron chi connectivity index (χ4n) is 2.93. The molecule has 104 valence electrons. The number of pyridine rings is 1. The Kier molecular flexibility index (Phi) is 2.97. The molecule has 1 unspecified atom stereocenters. The summed E-state index contributed by atoms with van der Waals surface area (Å²) in [7, 11) is 0. The van der Waals surface area contributed by atoms with Crippen molar-refractivity contribution in [2.45, 2.75) is 24.9 Å². The summed E-state index contributed by atoms with van der Waals surface area (Å²) in [6.45, 7) is 0. The lowest BCUT2D eigenvalue weighted by Gasteiger charge is -2.14. The van der Waals surface area contributed by atoms with Crippen LogP contribution in [0.4, 0.5) is 0 Å². The van der Waals surface area contributed by atoms with Crippen molar-refractivity contribution in [1.82, 2.24) is 4.98 Å². The molecule has 2 nitrogen and oxygen atoms in total. The van der Waals surface area contributed by atoms with Gasteiger partial charge in [-0.3, -0.25) is 4.98 Å². The monoisotopic (exact) mass is 275 g/mol. The van der Waals surface area contributed by atoms with Crippen molar-refractivity contribution in [1.29, 1.82) is 0 Å². The van der Waals surface area contributed by atoms with Crippen LogP contribution in [-0.4, -0.2) is 10.1 Å². The van der Waals surface area contributed by atoms with Crippen LogP contribution in [0.2, 0.25) is 0 Å². The van der Waals surface area contributed by atoms with Crippen LogP contribution in [0.25, 0.3) is 10.9 Å². The lowest BCUT2D eigenvalue weighted by atomic mass is 9.96. The first kappa shape index (κ1) is 12.5. The Labute approximate surface area is 124 Å². The molecule has 1 N–H and O–H groups in total. The highest BCUT2D eigenvalue weighted by Crippen LogP contribution is 2.41. The van der Waals surface area contributed by atoms with Gasteiger partial charge in [-0.25, -0.2) is 0 Å².